The lowest BCUT2D eigenvalue weighted by molar-refractivity contribution is 0.102. The van der Waals surface area contributed by atoms with Crippen LogP contribution >= 0.6 is 11.6 Å². The lowest BCUT2D eigenvalue weighted by Gasteiger charge is -2.04. The third-order valence-electron chi connectivity index (χ3n) is 3.17. The van der Waals surface area contributed by atoms with Gasteiger partial charge in [0.15, 0.2) is 0 Å². The second kappa shape index (κ2) is 6.50. The Morgan fingerprint density at radius 2 is 2.17 bits per heavy atom. The summed E-state index contributed by atoms with van der Waals surface area (Å²) in [6.45, 7) is 0.564. The zero-order valence-electron chi connectivity index (χ0n) is 12.0. The number of aromatic nitrogens is 3. The fraction of sp³-hybridized carbons (Fsp3) is 0.0625. The maximum absolute atomic E-state index is 12.1. The molecule has 0 radical (unpaired) electrons. The molecule has 1 aromatic carbocycles. The zero-order valence-corrected chi connectivity index (χ0v) is 12.7. The molecule has 0 aliphatic rings. The molecule has 0 unspecified atom stereocenters. The van der Waals surface area contributed by atoms with Crippen LogP contribution in [0, 0.1) is 0 Å². The predicted octanol–water partition coefficient (Wildman–Crippen LogP) is 2.94. The Kier molecular flexibility index (Phi) is 4.25. The number of rotatable bonds is 4. The molecule has 7 heteroatoms. The lowest BCUT2D eigenvalue weighted by atomic mass is 10.2. The van der Waals surface area contributed by atoms with E-state index in [0.717, 1.165) is 5.56 Å². The van der Waals surface area contributed by atoms with Crippen LogP contribution in [0.4, 0.5) is 5.69 Å². The Hall–Kier alpha value is -2.86. The van der Waals surface area contributed by atoms with Crippen LogP contribution in [0.1, 0.15) is 15.9 Å². The van der Waals surface area contributed by atoms with Crippen molar-refractivity contribution < 1.29 is 9.90 Å². The number of hydrogen-bond acceptors (Lipinski definition) is 4. The number of benzene rings is 1. The Bertz CT molecular complexity index is 833. The van der Waals surface area contributed by atoms with Crippen LogP contribution in [0.2, 0.25) is 5.02 Å². The van der Waals surface area contributed by atoms with Crippen LogP contribution in [-0.4, -0.2) is 25.8 Å². The third kappa shape index (κ3) is 3.67. The van der Waals surface area contributed by atoms with E-state index in [1.807, 2.05) is 12.1 Å². The summed E-state index contributed by atoms with van der Waals surface area (Å²) >= 11 is 5.80. The molecule has 1 amide bonds. The van der Waals surface area contributed by atoms with Crippen LogP contribution in [0.3, 0.4) is 0 Å². The first-order chi connectivity index (χ1) is 11.1. The van der Waals surface area contributed by atoms with Crippen molar-refractivity contribution in [1.29, 1.82) is 0 Å². The lowest BCUT2D eigenvalue weighted by Crippen LogP contribution is -2.11. The van der Waals surface area contributed by atoms with E-state index in [1.54, 1.807) is 29.5 Å². The quantitative estimate of drug-likeness (QED) is 0.771. The van der Waals surface area contributed by atoms with Gasteiger partial charge in [0, 0.05) is 24.2 Å². The van der Waals surface area contributed by atoms with Crippen molar-refractivity contribution >= 4 is 23.2 Å². The Labute approximate surface area is 137 Å². The summed E-state index contributed by atoms with van der Waals surface area (Å²) in [5.74, 6) is -0.389. The predicted molar refractivity (Wildman–Crippen MR) is 86.6 cm³/mol. The van der Waals surface area contributed by atoms with Crippen molar-refractivity contribution in [2.45, 2.75) is 6.54 Å². The van der Waals surface area contributed by atoms with Crippen molar-refractivity contribution in [1.82, 2.24) is 14.8 Å². The van der Waals surface area contributed by atoms with Crippen molar-refractivity contribution in [3.8, 4) is 5.75 Å². The molecule has 0 aliphatic heterocycles. The number of pyridine rings is 1. The smallest absolute Gasteiger partial charge is 0.255 e. The van der Waals surface area contributed by atoms with Gasteiger partial charge in [-0.05, 0) is 29.8 Å². The molecule has 0 aliphatic carbocycles. The Morgan fingerprint density at radius 3 is 2.91 bits per heavy atom. The number of nitrogens with one attached hydrogen (secondary N) is 1. The number of carbonyl (C=O) groups excluding carboxylic acids is 1. The van der Waals surface area contributed by atoms with E-state index in [0.29, 0.717) is 17.8 Å². The number of nitrogens with zero attached hydrogens (tertiary/aromatic N) is 3. The highest BCUT2D eigenvalue weighted by molar-refractivity contribution is 6.32. The summed E-state index contributed by atoms with van der Waals surface area (Å²) in [6, 6.07) is 8.09. The summed E-state index contributed by atoms with van der Waals surface area (Å²) in [6.07, 6.45) is 6.77. The van der Waals surface area contributed by atoms with E-state index in [9.17, 15) is 9.90 Å². The molecule has 0 fully saturated rings. The monoisotopic (exact) mass is 328 g/mol. The summed E-state index contributed by atoms with van der Waals surface area (Å²) in [4.78, 5) is 16.2. The van der Waals surface area contributed by atoms with Gasteiger partial charge in [-0.25, -0.2) is 0 Å². The fourth-order valence-corrected chi connectivity index (χ4v) is 2.23. The average Bonchev–Trinajstić information content (AvgIpc) is 2.98. The van der Waals surface area contributed by atoms with E-state index >= 15 is 0 Å². The molecule has 3 rings (SSSR count). The number of aromatic hydroxyl groups is 1. The highest BCUT2D eigenvalue weighted by Crippen LogP contribution is 2.24. The maximum Gasteiger partial charge on any atom is 0.255 e. The first-order valence-electron chi connectivity index (χ1n) is 6.83. The molecule has 0 saturated heterocycles. The van der Waals surface area contributed by atoms with Gasteiger partial charge < -0.3 is 10.4 Å². The molecule has 2 aromatic heterocycles. The van der Waals surface area contributed by atoms with Gasteiger partial charge in [-0.15, -0.1) is 0 Å². The van der Waals surface area contributed by atoms with Gasteiger partial charge in [-0.1, -0.05) is 17.7 Å². The first-order valence-corrected chi connectivity index (χ1v) is 7.21. The molecule has 116 valence electrons. The molecule has 6 nitrogen and oxygen atoms in total. The van der Waals surface area contributed by atoms with Gasteiger partial charge in [0.25, 0.3) is 5.91 Å². The molecule has 3 aromatic rings. The van der Waals surface area contributed by atoms with E-state index in [-0.39, 0.29) is 16.7 Å². The topological polar surface area (TPSA) is 80.0 Å². The van der Waals surface area contributed by atoms with Gasteiger partial charge in [-0.2, -0.15) is 5.10 Å². The van der Waals surface area contributed by atoms with Crippen molar-refractivity contribution in [2.24, 2.45) is 0 Å². The van der Waals surface area contributed by atoms with E-state index < -0.39 is 0 Å². The largest absolute Gasteiger partial charge is 0.506 e. The fourth-order valence-electron chi connectivity index (χ4n) is 2.04. The third-order valence-corrected chi connectivity index (χ3v) is 3.47. The number of anilines is 1. The number of hydrogen-bond donors (Lipinski definition) is 2. The average molecular weight is 329 g/mol. The second-order valence-electron chi connectivity index (χ2n) is 4.91. The number of phenolic OH excluding ortho intramolecular Hbond substituents is 1. The van der Waals surface area contributed by atoms with Gasteiger partial charge >= 0.3 is 0 Å². The number of halogens is 1. The molecule has 0 atom stereocenters. The van der Waals surface area contributed by atoms with Crippen molar-refractivity contribution in [3.63, 3.8) is 0 Å². The summed E-state index contributed by atoms with van der Waals surface area (Å²) in [7, 11) is 0. The van der Waals surface area contributed by atoms with Crippen LogP contribution in [0.15, 0.2) is 55.1 Å². The minimum Gasteiger partial charge on any atom is -0.506 e. The molecule has 23 heavy (non-hydrogen) atoms. The van der Waals surface area contributed by atoms with Gasteiger partial charge in [-0.3, -0.25) is 14.5 Å². The van der Waals surface area contributed by atoms with Crippen molar-refractivity contribution in [3.05, 3.63) is 71.3 Å². The minimum absolute atomic E-state index is 0.0625. The molecule has 0 spiro atoms. The highest BCUT2D eigenvalue weighted by atomic mass is 35.5. The highest BCUT2D eigenvalue weighted by Gasteiger charge is 2.10. The summed E-state index contributed by atoms with van der Waals surface area (Å²) in [5.41, 5.74) is 1.94. The number of phenols is 1. The van der Waals surface area contributed by atoms with Crippen LogP contribution in [-0.2, 0) is 6.54 Å². The maximum atomic E-state index is 12.1. The SMILES string of the molecule is O=C(Nc1cnn(Cc2cccnc2)c1)c1ccc(O)c(Cl)c1. The van der Waals surface area contributed by atoms with Crippen LogP contribution < -0.4 is 5.32 Å². The van der Waals surface area contributed by atoms with Crippen LogP contribution in [0.25, 0.3) is 0 Å². The van der Waals surface area contributed by atoms with Gasteiger partial charge in [0.05, 0.1) is 23.5 Å². The normalized spacial score (nSPS) is 10.5. The van der Waals surface area contributed by atoms with Crippen LogP contribution in [0.5, 0.6) is 5.75 Å². The molecular weight excluding hydrogens is 316 g/mol. The molecular formula is C16H13ClN4O2. The van der Waals surface area contributed by atoms with Gasteiger partial charge in [0.1, 0.15) is 5.75 Å². The first kappa shape index (κ1) is 15.1. The summed E-state index contributed by atoms with van der Waals surface area (Å²) in [5, 5.41) is 16.4. The zero-order chi connectivity index (χ0) is 16.2. The number of carbonyl (C=O) groups is 1. The minimum atomic E-state index is -0.326. The molecule has 2 heterocycles. The number of amides is 1. The van der Waals surface area contributed by atoms with Gasteiger partial charge in [0.2, 0.25) is 0 Å². The Balaban J connectivity index is 1.68. The van der Waals surface area contributed by atoms with E-state index in [2.05, 4.69) is 15.4 Å². The molecule has 0 bridgehead atoms. The van der Waals surface area contributed by atoms with Crippen molar-refractivity contribution in [2.75, 3.05) is 5.32 Å². The van der Waals surface area contributed by atoms with E-state index in [4.69, 9.17) is 11.6 Å². The summed E-state index contributed by atoms with van der Waals surface area (Å²) < 4.78 is 1.70. The Morgan fingerprint density at radius 1 is 1.30 bits per heavy atom. The molecule has 0 saturated carbocycles. The second-order valence-corrected chi connectivity index (χ2v) is 5.32. The molecule has 2 N–H and O–H groups in total. The standard InChI is InChI=1S/C16H13ClN4O2/c17-14-6-12(3-4-15(14)22)16(23)20-13-8-19-21(10-13)9-11-2-1-5-18-7-11/h1-8,10,22H,9H2,(H,20,23). The van der Waals surface area contributed by atoms with E-state index in [1.165, 1.54) is 18.2 Å².